The molecule has 1 aliphatic heterocycles. The summed E-state index contributed by atoms with van der Waals surface area (Å²) in [5.41, 5.74) is 10.3. The highest BCUT2D eigenvalue weighted by molar-refractivity contribution is 7.09. The van der Waals surface area contributed by atoms with Crippen molar-refractivity contribution in [1.29, 1.82) is 0 Å². The van der Waals surface area contributed by atoms with E-state index in [9.17, 15) is 4.79 Å². The molecule has 146 valence electrons. The zero-order chi connectivity index (χ0) is 19.7. The Balaban J connectivity index is 1.81. The van der Waals surface area contributed by atoms with Crippen LogP contribution in [0.2, 0.25) is 0 Å². The second kappa shape index (κ2) is 7.72. The van der Waals surface area contributed by atoms with E-state index in [-0.39, 0.29) is 0 Å². The van der Waals surface area contributed by atoms with Crippen LogP contribution in [0.5, 0.6) is 11.5 Å². The van der Waals surface area contributed by atoms with Gasteiger partial charge in [0.15, 0.2) is 11.5 Å². The molecule has 2 aromatic heterocycles. The second-order valence-corrected chi connectivity index (χ2v) is 7.87. The van der Waals surface area contributed by atoms with E-state index in [1.165, 1.54) is 4.88 Å². The number of aromatic nitrogens is 1. The number of benzene rings is 1. The zero-order valence-electron chi connectivity index (χ0n) is 16.2. The van der Waals surface area contributed by atoms with E-state index in [2.05, 4.69) is 29.0 Å². The van der Waals surface area contributed by atoms with E-state index >= 15 is 0 Å². The lowest BCUT2D eigenvalue weighted by atomic mass is 9.98. The highest BCUT2D eigenvalue weighted by Crippen LogP contribution is 2.39. The summed E-state index contributed by atoms with van der Waals surface area (Å²) < 4.78 is 13.6. The Kier molecular flexibility index (Phi) is 5.13. The molecule has 28 heavy (non-hydrogen) atoms. The van der Waals surface area contributed by atoms with Crippen molar-refractivity contribution in [3.8, 4) is 22.6 Å². The molecule has 6 heteroatoms. The Bertz CT molecular complexity index is 1010. The van der Waals surface area contributed by atoms with E-state index in [4.69, 9.17) is 15.2 Å². The predicted molar refractivity (Wildman–Crippen MR) is 112 cm³/mol. The Morgan fingerprint density at radius 2 is 2.00 bits per heavy atom. The number of fused-ring (bicyclic) bond motifs is 1. The molecule has 0 atom stereocenters. The van der Waals surface area contributed by atoms with Gasteiger partial charge in [0.1, 0.15) is 13.2 Å². The summed E-state index contributed by atoms with van der Waals surface area (Å²) in [6.45, 7) is 6.00. The van der Waals surface area contributed by atoms with Gasteiger partial charge in [0.05, 0.1) is 5.56 Å². The van der Waals surface area contributed by atoms with E-state index in [0.29, 0.717) is 24.5 Å². The molecule has 0 radical (unpaired) electrons. The maximum Gasteiger partial charge on any atom is 0.251 e. The van der Waals surface area contributed by atoms with Gasteiger partial charge in [-0.15, -0.1) is 11.3 Å². The quantitative estimate of drug-likeness (QED) is 0.679. The Morgan fingerprint density at radius 3 is 2.68 bits per heavy atom. The first-order valence-corrected chi connectivity index (χ1v) is 10.4. The predicted octanol–water partition coefficient (Wildman–Crippen LogP) is 4.20. The van der Waals surface area contributed by atoms with Crippen LogP contribution in [0.25, 0.3) is 11.1 Å². The molecule has 3 heterocycles. The molecule has 0 saturated heterocycles. The number of nitrogens with zero attached hydrogens (tertiary/aromatic N) is 1. The first-order valence-electron chi connectivity index (χ1n) is 9.54. The van der Waals surface area contributed by atoms with Crippen LogP contribution in [0.15, 0.2) is 35.7 Å². The van der Waals surface area contributed by atoms with Crippen molar-refractivity contribution >= 4 is 17.2 Å². The molecule has 2 N–H and O–H groups in total. The van der Waals surface area contributed by atoms with Crippen molar-refractivity contribution in [2.75, 3.05) is 13.2 Å². The van der Waals surface area contributed by atoms with Gasteiger partial charge in [-0.25, -0.2) is 0 Å². The van der Waals surface area contributed by atoms with Crippen molar-refractivity contribution in [3.63, 3.8) is 0 Å². The molecule has 0 fully saturated rings. The number of hydrogen-bond acceptors (Lipinski definition) is 4. The first-order chi connectivity index (χ1) is 13.6. The monoisotopic (exact) mass is 396 g/mol. The summed E-state index contributed by atoms with van der Waals surface area (Å²) in [4.78, 5) is 13.7. The summed E-state index contributed by atoms with van der Waals surface area (Å²) >= 11 is 1.76. The smallest absolute Gasteiger partial charge is 0.251 e. The number of primary amides is 1. The van der Waals surface area contributed by atoms with Gasteiger partial charge in [0.25, 0.3) is 5.91 Å². The maximum absolute atomic E-state index is 12.4. The fourth-order valence-corrected chi connectivity index (χ4v) is 4.65. The van der Waals surface area contributed by atoms with E-state index < -0.39 is 5.91 Å². The van der Waals surface area contributed by atoms with Gasteiger partial charge < -0.3 is 19.8 Å². The van der Waals surface area contributed by atoms with Crippen LogP contribution in [-0.4, -0.2) is 23.7 Å². The van der Waals surface area contributed by atoms with Gasteiger partial charge >= 0.3 is 0 Å². The minimum absolute atomic E-state index is 0.396. The largest absolute Gasteiger partial charge is 0.486 e. The van der Waals surface area contributed by atoms with Crippen LogP contribution in [-0.2, 0) is 19.4 Å². The number of amides is 1. The van der Waals surface area contributed by atoms with Gasteiger partial charge in [-0.3, -0.25) is 4.79 Å². The Hall–Kier alpha value is -2.73. The molecule has 0 spiro atoms. The molecule has 3 aromatic rings. The van der Waals surface area contributed by atoms with Crippen molar-refractivity contribution in [2.45, 2.75) is 33.2 Å². The lowest BCUT2D eigenvalue weighted by Crippen LogP contribution is -2.15. The second-order valence-electron chi connectivity index (χ2n) is 6.84. The lowest BCUT2D eigenvalue weighted by molar-refractivity contribution is 0.1000. The molecule has 0 bridgehead atoms. The number of carbonyl (C=O) groups is 1. The minimum Gasteiger partial charge on any atom is -0.486 e. The van der Waals surface area contributed by atoms with Crippen molar-refractivity contribution in [2.24, 2.45) is 5.73 Å². The topological polar surface area (TPSA) is 66.5 Å². The summed E-state index contributed by atoms with van der Waals surface area (Å²) in [6.07, 6.45) is 1.74. The van der Waals surface area contributed by atoms with Crippen molar-refractivity contribution in [1.82, 2.24) is 4.57 Å². The molecule has 0 unspecified atom stereocenters. The fraction of sp³-hybridized carbons (Fsp3) is 0.318. The summed E-state index contributed by atoms with van der Waals surface area (Å²) in [5.74, 6) is 1.06. The van der Waals surface area contributed by atoms with Crippen LogP contribution < -0.4 is 15.2 Å². The third-order valence-corrected chi connectivity index (χ3v) is 6.14. The number of hydrogen-bond donors (Lipinski definition) is 1. The summed E-state index contributed by atoms with van der Waals surface area (Å²) in [6, 6.07) is 10.1. The third-order valence-electron chi connectivity index (χ3n) is 5.21. The zero-order valence-corrected chi connectivity index (χ0v) is 17.0. The van der Waals surface area contributed by atoms with Crippen LogP contribution in [0.1, 0.15) is 33.5 Å². The number of ether oxygens (including phenoxy) is 2. The van der Waals surface area contributed by atoms with Gasteiger partial charge in [0.2, 0.25) is 0 Å². The SMILES string of the molecule is CCc1c(-c2ccc3c(c2)OCCO3)c(C(N)=O)c(C)n1CCc1cccs1. The molecular formula is C22H24N2O3S. The van der Waals surface area contributed by atoms with Crippen LogP contribution in [0, 0.1) is 6.92 Å². The van der Waals surface area contributed by atoms with Gasteiger partial charge in [-0.1, -0.05) is 19.1 Å². The first kappa shape index (κ1) is 18.6. The van der Waals surface area contributed by atoms with Gasteiger partial charge in [-0.05, 0) is 48.9 Å². The summed E-state index contributed by atoms with van der Waals surface area (Å²) in [5, 5.41) is 2.09. The molecule has 4 rings (SSSR count). The molecule has 0 aliphatic carbocycles. The Morgan fingerprint density at radius 1 is 1.21 bits per heavy atom. The van der Waals surface area contributed by atoms with Crippen molar-refractivity contribution < 1.29 is 14.3 Å². The van der Waals surface area contributed by atoms with Gasteiger partial charge in [0, 0.05) is 28.4 Å². The highest BCUT2D eigenvalue weighted by atomic mass is 32.1. The molecule has 5 nitrogen and oxygen atoms in total. The van der Waals surface area contributed by atoms with E-state index in [1.807, 2.05) is 25.1 Å². The van der Waals surface area contributed by atoms with Crippen LogP contribution in [0.3, 0.4) is 0 Å². The number of thiophene rings is 1. The molecular weight excluding hydrogens is 372 g/mol. The lowest BCUT2D eigenvalue weighted by Gasteiger charge is -2.19. The third kappa shape index (κ3) is 3.29. The van der Waals surface area contributed by atoms with Crippen molar-refractivity contribution in [3.05, 3.63) is 57.5 Å². The summed E-state index contributed by atoms with van der Waals surface area (Å²) in [7, 11) is 0. The standard InChI is InChI=1S/C22H24N2O3S/c1-3-17-21(15-6-7-18-19(13-15)27-11-10-26-18)20(22(23)25)14(2)24(17)9-8-16-5-4-12-28-16/h4-7,12-13H,3,8-11H2,1-2H3,(H2,23,25). The number of rotatable bonds is 6. The maximum atomic E-state index is 12.4. The highest BCUT2D eigenvalue weighted by Gasteiger charge is 2.25. The number of aryl methyl sites for hydroxylation is 1. The van der Waals surface area contributed by atoms with E-state index in [0.717, 1.165) is 47.7 Å². The Labute approximate surface area is 168 Å². The average molecular weight is 397 g/mol. The number of nitrogens with two attached hydrogens (primary N) is 1. The molecule has 0 saturated carbocycles. The van der Waals surface area contributed by atoms with Gasteiger partial charge in [-0.2, -0.15) is 0 Å². The molecule has 1 aliphatic rings. The normalized spacial score (nSPS) is 12.9. The molecule has 1 amide bonds. The number of carbonyl (C=O) groups excluding carboxylic acids is 1. The average Bonchev–Trinajstić information content (AvgIpc) is 3.31. The molecule has 1 aromatic carbocycles. The van der Waals surface area contributed by atoms with Crippen LogP contribution in [0.4, 0.5) is 0 Å². The van der Waals surface area contributed by atoms with E-state index in [1.54, 1.807) is 11.3 Å². The minimum atomic E-state index is -0.396. The van der Waals surface area contributed by atoms with Crippen LogP contribution >= 0.6 is 11.3 Å². The fourth-order valence-electron chi connectivity index (χ4n) is 3.96.